The number of hydrogen-bond acceptors (Lipinski definition) is 3. The maximum absolute atomic E-state index is 11.9. The van der Waals surface area contributed by atoms with E-state index in [0.717, 1.165) is 12.8 Å². The summed E-state index contributed by atoms with van der Waals surface area (Å²) < 4.78 is 5.30. The van der Waals surface area contributed by atoms with Crippen LogP contribution < -0.4 is 0 Å². The number of nitrogens with zero attached hydrogens (tertiary/aromatic N) is 1. The van der Waals surface area contributed by atoms with Crippen molar-refractivity contribution < 1.29 is 19.4 Å². The lowest BCUT2D eigenvalue weighted by Crippen LogP contribution is -2.41. The molecule has 5 heteroatoms. The number of likely N-dealkylation sites (tertiary alicyclic amines) is 1. The number of rotatable bonds is 1. The van der Waals surface area contributed by atoms with Crippen molar-refractivity contribution in [2.75, 3.05) is 6.54 Å². The number of piperidine rings is 1. The molecule has 17 heavy (non-hydrogen) atoms. The average molecular weight is 241 g/mol. The third-order valence-corrected chi connectivity index (χ3v) is 3.34. The highest BCUT2D eigenvalue weighted by atomic mass is 16.6. The van der Waals surface area contributed by atoms with Gasteiger partial charge >= 0.3 is 12.1 Å². The fraction of sp³-hybridized carbons (Fsp3) is 0.833. The first-order valence-corrected chi connectivity index (χ1v) is 6.04. The molecule has 2 fully saturated rings. The molecule has 1 aliphatic carbocycles. The van der Waals surface area contributed by atoms with Gasteiger partial charge in [-0.3, -0.25) is 4.79 Å². The monoisotopic (exact) mass is 241 g/mol. The molecule has 0 aromatic carbocycles. The molecular weight excluding hydrogens is 222 g/mol. The van der Waals surface area contributed by atoms with Crippen molar-refractivity contribution in [3.8, 4) is 0 Å². The molecule has 0 unspecified atom stereocenters. The molecule has 2 aliphatic rings. The molecule has 3 atom stereocenters. The molecular formula is C12H19NO4. The quantitative estimate of drug-likeness (QED) is 0.759. The number of carbonyl (C=O) groups excluding carboxylic acids is 1. The smallest absolute Gasteiger partial charge is 0.410 e. The lowest BCUT2D eigenvalue weighted by Gasteiger charge is -2.29. The van der Waals surface area contributed by atoms with Crippen LogP contribution in [0.2, 0.25) is 0 Å². The summed E-state index contributed by atoms with van der Waals surface area (Å²) in [7, 11) is 0. The van der Waals surface area contributed by atoms with Gasteiger partial charge in [-0.1, -0.05) is 0 Å². The highest BCUT2D eigenvalue weighted by Gasteiger charge is 2.60. The molecule has 0 aromatic rings. The van der Waals surface area contributed by atoms with E-state index in [4.69, 9.17) is 9.84 Å². The van der Waals surface area contributed by atoms with Crippen molar-refractivity contribution in [1.82, 2.24) is 4.90 Å². The fourth-order valence-corrected chi connectivity index (χ4v) is 2.64. The molecule has 1 saturated heterocycles. The van der Waals surface area contributed by atoms with E-state index >= 15 is 0 Å². The summed E-state index contributed by atoms with van der Waals surface area (Å²) in [6.07, 6.45) is 1.39. The Labute approximate surface area is 101 Å². The van der Waals surface area contributed by atoms with E-state index in [1.54, 1.807) is 4.90 Å². The molecule has 1 N–H and O–H groups in total. The van der Waals surface area contributed by atoms with Gasteiger partial charge in [-0.2, -0.15) is 0 Å². The average Bonchev–Trinajstić information content (AvgIpc) is 2.87. The number of carboxylic acids is 1. The van der Waals surface area contributed by atoms with E-state index in [1.165, 1.54) is 0 Å². The number of amides is 1. The third kappa shape index (κ3) is 2.37. The zero-order chi connectivity index (χ0) is 12.8. The standard InChI is InChI=1S/C12H19NO4/c1-12(2,3)17-11(16)13-6-4-5-7-8(9(7)13)10(14)15/h7-9H,4-6H2,1-3H3,(H,14,15)/t7-,8-,9+/m1/s1. The van der Waals surface area contributed by atoms with Gasteiger partial charge < -0.3 is 14.7 Å². The summed E-state index contributed by atoms with van der Waals surface area (Å²) in [4.78, 5) is 24.5. The number of hydrogen-bond donors (Lipinski definition) is 1. The van der Waals surface area contributed by atoms with Gasteiger partial charge in [0.15, 0.2) is 0 Å². The Morgan fingerprint density at radius 1 is 1.35 bits per heavy atom. The first kappa shape index (κ1) is 12.2. The van der Waals surface area contributed by atoms with Crippen LogP contribution in [0.5, 0.6) is 0 Å². The highest BCUT2D eigenvalue weighted by molar-refractivity contribution is 5.78. The van der Waals surface area contributed by atoms with Gasteiger partial charge in [-0.15, -0.1) is 0 Å². The number of ether oxygens (including phenoxy) is 1. The number of carbonyl (C=O) groups is 2. The molecule has 1 heterocycles. The van der Waals surface area contributed by atoms with Gasteiger partial charge in [0.1, 0.15) is 5.60 Å². The minimum Gasteiger partial charge on any atom is -0.481 e. The second kappa shape index (κ2) is 3.89. The molecule has 2 rings (SSSR count). The molecule has 96 valence electrons. The van der Waals surface area contributed by atoms with Crippen LogP contribution in [0.25, 0.3) is 0 Å². The molecule has 0 radical (unpaired) electrons. The summed E-state index contributed by atoms with van der Waals surface area (Å²) in [5, 5.41) is 9.04. The van der Waals surface area contributed by atoms with Crippen LogP contribution in [0.4, 0.5) is 4.79 Å². The van der Waals surface area contributed by atoms with E-state index in [9.17, 15) is 9.59 Å². The number of aliphatic carboxylic acids is 1. The van der Waals surface area contributed by atoms with Crippen LogP contribution in [0.15, 0.2) is 0 Å². The normalized spacial score (nSPS) is 31.7. The SMILES string of the molecule is CC(C)(C)OC(=O)N1CCC[C@@H]2[C@@H](C(=O)O)[C@H]21. The van der Waals surface area contributed by atoms with Crippen molar-refractivity contribution in [2.45, 2.75) is 45.3 Å². The van der Waals surface area contributed by atoms with E-state index in [1.807, 2.05) is 20.8 Å². The molecule has 0 aromatic heterocycles. The lowest BCUT2D eigenvalue weighted by atomic mass is 10.1. The van der Waals surface area contributed by atoms with E-state index in [2.05, 4.69) is 0 Å². The van der Waals surface area contributed by atoms with Gasteiger partial charge in [0.2, 0.25) is 0 Å². The number of fused-ring (bicyclic) bond motifs is 1. The molecule has 1 saturated carbocycles. The van der Waals surface area contributed by atoms with Crippen LogP contribution in [0.3, 0.4) is 0 Å². The minimum atomic E-state index is -0.796. The van der Waals surface area contributed by atoms with Crippen LogP contribution in [-0.2, 0) is 9.53 Å². The third-order valence-electron chi connectivity index (χ3n) is 3.34. The second-order valence-electron chi connectivity index (χ2n) is 5.83. The molecule has 1 aliphatic heterocycles. The van der Waals surface area contributed by atoms with E-state index in [-0.39, 0.29) is 24.0 Å². The Bertz CT molecular complexity index is 347. The van der Waals surface area contributed by atoms with Crippen molar-refractivity contribution in [2.24, 2.45) is 11.8 Å². The largest absolute Gasteiger partial charge is 0.481 e. The van der Waals surface area contributed by atoms with Gasteiger partial charge in [-0.25, -0.2) is 4.79 Å². The van der Waals surface area contributed by atoms with Gasteiger partial charge in [-0.05, 0) is 39.5 Å². The molecule has 0 spiro atoms. The Hall–Kier alpha value is -1.26. The fourth-order valence-electron chi connectivity index (χ4n) is 2.64. The summed E-state index contributed by atoms with van der Waals surface area (Å²) in [6.45, 7) is 6.05. The summed E-state index contributed by atoms with van der Waals surface area (Å²) in [6, 6.07) is -0.143. The van der Waals surface area contributed by atoms with Gasteiger partial charge in [0, 0.05) is 6.54 Å². The predicted molar refractivity (Wildman–Crippen MR) is 60.6 cm³/mol. The topological polar surface area (TPSA) is 66.8 Å². The molecule has 0 bridgehead atoms. The maximum Gasteiger partial charge on any atom is 0.410 e. The minimum absolute atomic E-state index is 0.133. The van der Waals surface area contributed by atoms with E-state index < -0.39 is 11.6 Å². The zero-order valence-electron chi connectivity index (χ0n) is 10.5. The number of carboxylic acid groups (broad SMARTS) is 1. The maximum atomic E-state index is 11.9. The summed E-state index contributed by atoms with van der Waals surface area (Å²) >= 11 is 0. The van der Waals surface area contributed by atoms with Gasteiger partial charge in [0.25, 0.3) is 0 Å². The Kier molecular flexibility index (Phi) is 2.79. The predicted octanol–water partition coefficient (Wildman–Crippen LogP) is 1.72. The molecule has 5 nitrogen and oxygen atoms in total. The van der Waals surface area contributed by atoms with Crippen LogP contribution in [-0.4, -0.2) is 40.3 Å². The van der Waals surface area contributed by atoms with E-state index in [0.29, 0.717) is 6.54 Å². The highest BCUT2D eigenvalue weighted by Crippen LogP contribution is 2.49. The van der Waals surface area contributed by atoms with Crippen molar-refractivity contribution >= 4 is 12.1 Å². The Balaban J connectivity index is 2.02. The first-order chi connectivity index (χ1) is 7.81. The van der Waals surface area contributed by atoms with Crippen LogP contribution in [0, 0.1) is 11.8 Å². The Morgan fingerprint density at radius 2 is 2.00 bits per heavy atom. The van der Waals surface area contributed by atoms with Crippen LogP contribution >= 0.6 is 0 Å². The van der Waals surface area contributed by atoms with Crippen molar-refractivity contribution in [3.05, 3.63) is 0 Å². The van der Waals surface area contributed by atoms with Gasteiger partial charge in [0.05, 0.1) is 12.0 Å². The first-order valence-electron chi connectivity index (χ1n) is 6.04. The van der Waals surface area contributed by atoms with Crippen molar-refractivity contribution in [3.63, 3.8) is 0 Å². The van der Waals surface area contributed by atoms with Crippen molar-refractivity contribution in [1.29, 1.82) is 0 Å². The van der Waals surface area contributed by atoms with Crippen LogP contribution in [0.1, 0.15) is 33.6 Å². The Morgan fingerprint density at radius 3 is 2.53 bits per heavy atom. The second-order valence-corrected chi connectivity index (χ2v) is 5.83. The summed E-state index contributed by atoms with van der Waals surface area (Å²) in [5.41, 5.74) is -0.530. The summed E-state index contributed by atoms with van der Waals surface area (Å²) in [5.74, 6) is -1.05. The lowest BCUT2D eigenvalue weighted by molar-refractivity contribution is -0.139. The molecule has 1 amide bonds. The zero-order valence-corrected chi connectivity index (χ0v) is 10.5.